The molecule has 1 N–H and O–H groups in total. The van der Waals surface area contributed by atoms with Crippen molar-refractivity contribution in [2.24, 2.45) is 0 Å². The lowest BCUT2D eigenvalue weighted by atomic mass is 10.2. The zero-order chi connectivity index (χ0) is 12.8. The molecule has 3 nitrogen and oxygen atoms in total. The van der Waals surface area contributed by atoms with E-state index < -0.39 is 11.8 Å². The highest BCUT2D eigenvalue weighted by Gasteiger charge is 2.05. The fraction of sp³-hybridized carbons (Fsp3) is 0.308. The Labute approximate surface area is 99.5 Å². The molecule has 1 rings (SSSR count). The van der Waals surface area contributed by atoms with Crippen molar-refractivity contribution in [1.29, 1.82) is 0 Å². The van der Waals surface area contributed by atoms with Gasteiger partial charge in [-0.1, -0.05) is 18.2 Å². The number of carbonyl (C=O) groups is 1. The second kappa shape index (κ2) is 6.03. The average molecular weight is 238 g/mol. The lowest BCUT2D eigenvalue weighted by Crippen LogP contribution is -2.06. The Morgan fingerprint density at radius 1 is 1.53 bits per heavy atom. The van der Waals surface area contributed by atoms with Crippen LogP contribution in [0, 0.1) is 5.82 Å². The van der Waals surface area contributed by atoms with E-state index in [4.69, 9.17) is 9.84 Å². The van der Waals surface area contributed by atoms with Gasteiger partial charge in [-0.05, 0) is 31.5 Å². The molecule has 0 aliphatic heterocycles. The van der Waals surface area contributed by atoms with Gasteiger partial charge in [-0.2, -0.15) is 0 Å². The van der Waals surface area contributed by atoms with Gasteiger partial charge in [0, 0.05) is 0 Å². The summed E-state index contributed by atoms with van der Waals surface area (Å²) in [5, 5.41) is 8.44. The van der Waals surface area contributed by atoms with Crippen molar-refractivity contribution in [3.63, 3.8) is 0 Å². The number of ether oxygens (including phenoxy) is 1. The number of carboxylic acid groups (broad SMARTS) is 1. The summed E-state index contributed by atoms with van der Waals surface area (Å²) >= 11 is 0. The molecule has 0 saturated carbocycles. The van der Waals surface area contributed by atoms with Gasteiger partial charge < -0.3 is 9.84 Å². The molecule has 0 spiro atoms. The van der Waals surface area contributed by atoms with Crippen LogP contribution in [-0.2, 0) is 4.79 Å². The smallest absolute Gasteiger partial charge is 0.307 e. The van der Waals surface area contributed by atoms with E-state index in [2.05, 4.69) is 0 Å². The fourth-order valence-electron chi connectivity index (χ4n) is 1.27. The molecule has 17 heavy (non-hydrogen) atoms. The zero-order valence-electron chi connectivity index (χ0n) is 9.81. The Morgan fingerprint density at radius 3 is 2.76 bits per heavy atom. The van der Waals surface area contributed by atoms with Crippen molar-refractivity contribution >= 4 is 12.0 Å². The molecular weight excluding hydrogens is 223 g/mol. The predicted octanol–water partition coefficient (Wildman–Crippen LogP) is 3.10. The van der Waals surface area contributed by atoms with Crippen LogP contribution in [0.4, 0.5) is 4.39 Å². The molecule has 0 heterocycles. The van der Waals surface area contributed by atoms with Crippen LogP contribution in [0.1, 0.15) is 25.8 Å². The Hall–Kier alpha value is -1.84. The highest BCUT2D eigenvalue weighted by atomic mass is 19.1. The highest BCUT2D eigenvalue weighted by molar-refractivity contribution is 5.70. The minimum absolute atomic E-state index is 0.0775. The quantitative estimate of drug-likeness (QED) is 0.857. The summed E-state index contributed by atoms with van der Waals surface area (Å²) in [6.45, 7) is 3.64. The summed E-state index contributed by atoms with van der Waals surface area (Å²) in [6, 6.07) is 4.53. The lowest BCUT2D eigenvalue weighted by Gasteiger charge is -2.10. The first kappa shape index (κ1) is 13.2. The van der Waals surface area contributed by atoms with Gasteiger partial charge in [0.1, 0.15) is 0 Å². The summed E-state index contributed by atoms with van der Waals surface area (Å²) in [5.41, 5.74) is 0.611. The fourth-order valence-corrected chi connectivity index (χ4v) is 1.27. The van der Waals surface area contributed by atoms with E-state index in [9.17, 15) is 9.18 Å². The highest BCUT2D eigenvalue weighted by Crippen LogP contribution is 2.20. The third-order valence-electron chi connectivity index (χ3n) is 1.92. The van der Waals surface area contributed by atoms with Crippen molar-refractivity contribution in [2.75, 3.05) is 0 Å². The van der Waals surface area contributed by atoms with Gasteiger partial charge in [0.15, 0.2) is 11.6 Å². The van der Waals surface area contributed by atoms with Gasteiger partial charge in [-0.25, -0.2) is 4.39 Å². The lowest BCUT2D eigenvalue weighted by molar-refractivity contribution is -0.135. The van der Waals surface area contributed by atoms with Crippen molar-refractivity contribution in [3.05, 3.63) is 35.7 Å². The Morgan fingerprint density at radius 2 is 2.24 bits per heavy atom. The van der Waals surface area contributed by atoms with Crippen LogP contribution >= 0.6 is 0 Å². The topological polar surface area (TPSA) is 46.5 Å². The number of rotatable bonds is 5. The van der Waals surface area contributed by atoms with Crippen LogP contribution in [0.2, 0.25) is 0 Å². The van der Waals surface area contributed by atoms with E-state index in [1.807, 2.05) is 13.8 Å². The van der Waals surface area contributed by atoms with Crippen molar-refractivity contribution in [2.45, 2.75) is 26.4 Å². The minimum atomic E-state index is -0.915. The number of hydrogen-bond donors (Lipinski definition) is 1. The van der Waals surface area contributed by atoms with Gasteiger partial charge >= 0.3 is 5.97 Å². The maximum atomic E-state index is 13.5. The van der Waals surface area contributed by atoms with Crippen LogP contribution in [0.3, 0.4) is 0 Å². The molecule has 0 bridgehead atoms. The number of benzene rings is 1. The predicted molar refractivity (Wildman–Crippen MR) is 63.5 cm³/mol. The first-order chi connectivity index (χ1) is 7.99. The minimum Gasteiger partial charge on any atom is -0.488 e. The first-order valence-electron chi connectivity index (χ1n) is 5.33. The molecule has 0 atom stereocenters. The van der Waals surface area contributed by atoms with Gasteiger partial charge in [0.2, 0.25) is 0 Å². The molecule has 0 amide bonds. The molecule has 0 saturated heterocycles. The SMILES string of the molecule is CC(C)Oc1ccc(/C=C/CC(=O)O)cc1F. The van der Waals surface area contributed by atoms with E-state index in [0.717, 1.165) is 0 Å². The summed E-state index contributed by atoms with van der Waals surface area (Å²) < 4.78 is 18.8. The second-order valence-electron chi connectivity index (χ2n) is 3.86. The van der Waals surface area contributed by atoms with Crippen LogP contribution < -0.4 is 4.74 Å². The van der Waals surface area contributed by atoms with E-state index in [1.165, 1.54) is 18.2 Å². The van der Waals surface area contributed by atoms with Crippen LogP contribution in [0.5, 0.6) is 5.75 Å². The molecule has 0 aliphatic carbocycles. The number of halogens is 1. The van der Waals surface area contributed by atoms with Gasteiger partial charge in [-0.3, -0.25) is 4.79 Å². The number of carboxylic acids is 1. The molecule has 0 unspecified atom stereocenters. The van der Waals surface area contributed by atoms with E-state index >= 15 is 0 Å². The molecule has 0 aromatic heterocycles. The third-order valence-corrected chi connectivity index (χ3v) is 1.92. The molecule has 0 aliphatic rings. The van der Waals surface area contributed by atoms with Crippen LogP contribution in [-0.4, -0.2) is 17.2 Å². The summed E-state index contributed by atoms with van der Waals surface area (Å²) in [4.78, 5) is 10.3. The summed E-state index contributed by atoms with van der Waals surface area (Å²) in [7, 11) is 0. The zero-order valence-corrected chi connectivity index (χ0v) is 9.81. The van der Waals surface area contributed by atoms with Gasteiger partial charge in [0.05, 0.1) is 12.5 Å². The monoisotopic (exact) mass is 238 g/mol. The first-order valence-corrected chi connectivity index (χ1v) is 5.33. The summed E-state index contributed by atoms with van der Waals surface area (Å²) in [6.07, 6.45) is 2.88. The second-order valence-corrected chi connectivity index (χ2v) is 3.86. The average Bonchev–Trinajstić information content (AvgIpc) is 2.21. The molecule has 92 valence electrons. The van der Waals surface area contributed by atoms with Crippen molar-refractivity contribution in [1.82, 2.24) is 0 Å². The van der Waals surface area contributed by atoms with E-state index in [1.54, 1.807) is 12.1 Å². The molecule has 0 radical (unpaired) electrons. The maximum Gasteiger partial charge on any atom is 0.307 e. The number of aliphatic carboxylic acids is 1. The Kier molecular flexibility index (Phi) is 4.69. The molecule has 0 fully saturated rings. The molecule has 1 aromatic carbocycles. The van der Waals surface area contributed by atoms with Gasteiger partial charge in [0.25, 0.3) is 0 Å². The Balaban J connectivity index is 2.74. The van der Waals surface area contributed by atoms with E-state index in [0.29, 0.717) is 5.56 Å². The normalized spacial score (nSPS) is 11.1. The molecule has 1 aromatic rings. The van der Waals surface area contributed by atoms with E-state index in [-0.39, 0.29) is 18.3 Å². The largest absolute Gasteiger partial charge is 0.488 e. The maximum absolute atomic E-state index is 13.5. The van der Waals surface area contributed by atoms with Crippen molar-refractivity contribution in [3.8, 4) is 5.75 Å². The van der Waals surface area contributed by atoms with Crippen molar-refractivity contribution < 1.29 is 19.0 Å². The molecular formula is C13H15FO3. The van der Waals surface area contributed by atoms with Crippen LogP contribution in [0.15, 0.2) is 24.3 Å². The molecule has 4 heteroatoms. The third kappa shape index (κ3) is 4.68. The Bertz CT molecular complexity index is 425. The van der Waals surface area contributed by atoms with Crippen LogP contribution in [0.25, 0.3) is 6.08 Å². The standard InChI is InChI=1S/C13H15FO3/c1-9(2)17-12-7-6-10(8-11(12)14)4-3-5-13(15)16/h3-4,6-9H,5H2,1-2H3,(H,15,16)/b4-3+. The summed E-state index contributed by atoms with van der Waals surface area (Å²) in [5.74, 6) is -1.16. The van der Waals surface area contributed by atoms with Gasteiger partial charge in [-0.15, -0.1) is 0 Å². The number of hydrogen-bond acceptors (Lipinski definition) is 2.